The Hall–Kier alpha value is -1.49. The van der Waals surface area contributed by atoms with Crippen molar-refractivity contribution in [2.45, 2.75) is 46.1 Å². The fourth-order valence-corrected chi connectivity index (χ4v) is 2.15. The smallest absolute Gasteiger partial charge is 0.303 e. The Bertz CT molecular complexity index is 401. The minimum absolute atomic E-state index is 0.0305. The first-order valence-corrected chi connectivity index (χ1v) is 6.53. The Morgan fingerprint density at radius 3 is 2.42 bits per heavy atom. The summed E-state index contributed by atoms with van der Waals surface area (Å²) < 4.78 is 0. The van der Waals surface area contributed by atoms with Crippen molar-refractivity contribution in [3.8, 4) is 0 Å². The Balaban J connectivity index is 2.69. The third kappa shape index (κ3) is 5.34. The van der Waals surface area contributed by atoms with Crippen molar-refractivity contribution in [1.82, 2.24) is 9.97 Å². The zero-order valence-corrected chi connectivity index (χ0v) is 11.8. The maximum absolute atomic E-state index is 10.7. The highest BCUT2D eigenvalue weighted by Gasteiger charge is 2.27. The lowest BCUT2D eigenvalue weighted by Crippen LogP contribution is -2.26. The van der Waals surface area contributed by atoms with Crippen molar-refractivity contribution in [2.24, 2.45) is 17.1 Å². The van der Waals surface area contributed by atoms with E-state index in [9.17, 15) is 4.79 Å². The maximum atomic E-state index is 10.7. The van der Waals surface area contributed by atoms with E-state index < -0.39 is 5.97 Å². The van der Waals surface area contributed by atoms with Gasteiger partial charge in [0, 0.05) is 30.4 Å². The topological polar surface area (TPSA) is 89.1 Å². The second-order valence-corrected chi connectivity index (χ2v) is 6.01. The van der Waals surface area contributed by atoms with Crippen LogP contribution in [0.1, 0.15) is 51.6 Å². The molecule has 0 aliphatic carbocycles. The van der Waals surface area contributed by atoms with Crippen LogP contribution in [0.3, 0.4) is 0 Å². The van der Waals surface area contributed by atoms with E-state index in [0.717, 1.165) is 12.0 Å². The molecule has 5 nitrogen and oxygen atoms in total. The lowest BCUT2D eigenvalue weighted by molar-refractivity contribution is -0.137. The van der Waals surface area contributed by atoms with E-state index in [1.807, 2.05) is 0 Å². The Kier molecular flexibility index (Phi) is 5.42. The number of carbonyl (C=O) groups is 1. The minimum atomic E-state index is -0.758. The molecule has 0 radical (unpaired) electrons. The summed E-state index contributed by atoms with van der Waals surface area (Å²) in [6.07, 6.45) is 6.47. The van der Waals surface area contributed by atoms with Crippen LogP contribution in [-0.2, 0) is 4.79 Å². The highest BCUT2D eigenvalue weighted by molar-refractivity contribution is 5.66. The quantitative estimate of drug-likeness (QED) is 0.824. The van der Waals surface area contributed by atoms with Gasteiger partial charge >= 0.3 is 5.97 Å². The number of carboxylic acid groups (broad SMARTS) is 1. The third-order valence-electron chi connectivity index (χ3n) is 3.48. The van der Waals surface area contributed by atoms with Gasteiger partial charge in [-0.1, -0.05) is 20.8 Å². The van der Waals surface area contributed by atoms with Crippen molar-refractivity contribution in [2.75, 3.05) is 0 Å². The van der Waals surface area contributed by atoms with Crippen LogP contribution in [0.5, 0.6) is 0 Å². The van der Waals surface area contributed by atoms with Crippen molar-refractivity contribution in [3.05, 3.63) is 24.3 Å². The average Bonchev–Trinajstić information content (AvgIpc) is 2.33. The fourth-order valence-electron chi connectivity index (χ4n) is 2.15. The minimum Gasteiger partial charge on any atom is -0.481 e. The van der Waals surface area contributed by atoms with Gasteiger partial charge in [-0.25, -0.2) is 9.97 Å². The predicted octanol–water partition coefficient (Wildman–Crippen LogP) is 2.39. The number of aliphatic carboxylic acids is 1. The van der Waals surface area contributed by atoms with Gasteiger partial charge in [0.05, 0.1) is 0 Å². The molecule has 1 rings (SSSR count). The van der Waals surface area contributed by atoms with E-state index in [0.29, 0.717) is 6.42 Å². The largest absolute Gasteiger partial charge is 0.481 e. The van der Waals surface area contributed by atoms with E-state index in [4.69, 9.17) is 10.8 Å². The summed E-state index contributed by atoms with van der Waals surface area (Å²) in [6.45, 7) is 6.36. The van der Waals surface area contributed by atoms with E-state index in [1.54, 1.807) is 12.4 Å². The van der Waals surface area contributed by atoms with E-state index in [-0.39, 0.29) is 23.8 Å². The number of hydrogen-bond donors (Lipinski definition) is 2. The molecule has 0 spiro atoms. The van der Waals surface area contributed by atoms with Gasteiger partial charge in [0.1, 0.15) is 6.33 Å². The van der Waals surface area contributed by atoms with Gasteiger partial charge in [0.15, 0.2) is 0 Å². The molecule has 0 aromatic carbocycles. The van der Waals surface area contributed by atoms with E-state index in [1.165, 1.54) is 6.33 Å². The fraction of sp³-hybridized carbons (Fsp3) is 0.643. The molecule has 3 N–H and O–H groups in total. The molecule has 2 atom stereocenters. The second kappa shape index (κ2) is 6.61. The SMILES string of the molecule is CC(C)(C)C(CCC(=O)O)C[C@@H](N)c1cncnc1. The summed E-state index contributed by atoms with van der Waals surface area (Å²) in [5.74, 6) is -0.510. The molecule has 1 unspecified atom stereocenters. The number of nitrogens with two attached hydrogens (primary N) is 1. The molecule has 0 aliphatic rings. The lowest BCUT2D eigenvalue weighted by Gasteiger charge is -2.32. The number of nitrogens with zero attached hydrogens (tertiary/aromatic N) is 2. The molecule has 1 aromatic heterocycles. The van der Waals surface area contributed by atoms with Gasteiger partial charge in [-0.05, 0) is 24.2 Å². The molecular formula is C14H23N3O2. The van der Waals surface area contributed by atoms with Gasteiger partial charge in [0.25, 0.3) is 0 Å². The molecule has 0 saturated carbocycles. The zero-order chi connectivity index (χ0) is 14.5. The van der Waals surface area contributed by atoms with Crippen LogP contribution >= 0.6 is 0 Å². The predicted molar refractivity (Wildman–Crippen MR) is 73.4 cm³/mol. The summed E-state index contributed by atoms with van der Waals surface area (Å²) in [5, 5.41) is 8.83. The maximum Gasteiger partial charge on any atom is 0.303 e. The molecule has 1 aromatic rings. The van der Waals surface area contributed by atoms with Crippen molar-refractivity contribution < 1.29 is 9.90 Å². The molecule has 1 heterocycles. The molecule has 5 heteroatoms. The molecule has 0 saturated heterocycles. The highest BCUT2D eigenvalue weighted by Crippen LogP contribution is 2.35. The summed E-state index contributed by atoms with van der Waals surface area (Å²) >= 11 is 0. The molecule has 106 valence electrons. The van der Waals surface area contributed by atoms with E-state index >= 15 is 0 Å². The Morgan fingerprint density at radius 1 is 1.37 bits per heavy atom. The molecule has 19 heavy (non-hydrogen) atoms. The van der Waals surface area contributed by atoms with Crippen LogP contribution < -0.4 is 5.73 Å². The summed E-state index contributed by atoms with van der Waals surface area (Å²) in [5.41, 5.74) is 7.10. The molecule has 0 fully saturated rings. The summed E-state index contributed by atoms with van der Waals surface area (Å²) in [4.78, 5) is 18.7. The standard InChI is InChI=1S/C14H23N3O2/c1-14(2,3)11(4-5-13(18)19)6-12(15)10-7-16-9-17-8-10/h7-9,11-12H,4-6,15H2,1-3H3,(H,18,19)/t11?,12-/m1/s1. The molecule has 0 aliphatic heterocycles. The molecule has 0 bridgehead atoms. The van der Waals surface area contributed by atoms with Crippen LogP contribution in [-0.4, -0.2) is 21.0 Å². The Labute approximate surface area is 114 Å². The average molecular weight is 265 g/mol. The summed E-state index contributed by atoms with van der Waals surface area (Å²) in [6, 6.07) is -0.154. The monoisotopic (exact) mass is 265 g/mol. The first-order chi connectivity index (χ1) is 8.80. The number of carboxylic acids is 1. The lowest BCUT2D eigenvalue weighted by atomic mass is 9.74. The van der Waals surface area contributed by atoms with Gasteiger partial charge in [-0.3, -0.25) is 4.79 Å². The number of hydrogen-bond acceptors (Lipinski definition) is 4. The van der Waals surface area contributed by atoms with Gasteiger partial charge in [0.2, 0.25) is 0 Å². The van der Waals surface area contributed by atoms with E-state index in [2.05, 4.69) is 30.7 Å². The van der Waals surface area contributed by atoms with Crippen molar-refractivity contribution in [1.29, 1.82) is 0 Å². The highest BCUT2D eigenvalue weighted by atomic mass is 16.4. The summed E-state index contributed by atoms with van der Waals surface area (Å²) in [7, 11) is 0. The Morgan fingerprint density at radius 2 is 1.95 bits per heavy atom. The second-order valence-electron chi connectivity index (χ2n) is 6.01. The first-order valence-electron chi connectivity index (χ1n) is 6.53. The van der Waals surface area contributed by atoms with Gasteiger partial charge < -0.3 is 10.8 Å². The van der Waals surface area contributed by atoms with Crippen molar-refractivity contribution in [3.63, 3.8) is 0 Å². The van der Waals surface area contributed by atoms with Crippen LogP contribution in [0.25, 0.3) is 0 Å². The number of aromatic nitrogens is 2. The van der Waals surface area contributed by atoms with Crippen LogP contribution in [0.2, 0.25) is 0 Å². The van der Waals surface area contributed by atoms with Gasteiger partial charge in [-0.2, -0.15) is 0 Å². The van der Waals surface area contributed by atoms with Gasteiger partial charge in [-0.15, -0.1) is 0 Å². The van der Waals surface area contributed by atoms with Crippen molar-refractivity contribution >= 4 is 5.97 Å². The molecular weight excluding hydrogens is 242 g/mol. The van der Waals surface area contributed by atoms with Crippen LogP contribution in [0, 0.1) is 11.3 Å². The third-order valence-corrected chi connectivity index (χ3v) is 3.48. The van der Waals surface area contributed by atoms with Crippen LogP contribution in [0.15, 0.2) is 18.7 Å². The molecule has 0 amide bonds. The first kappa shape index (κ1) is 15.6. The van der Waals surface area contributed by atoms with Crippen LogP contribution in [0.4, 0.5) is 0 Å². The zero-order valence-electron chi connectivity index (χ0n) is 11.8. The number of rotatable bonds is 6. The normalized spacial score (nSPS) is 14.9.